The quantitative estimate of drug-likeness (QED) is 0.286. The zero-order chi connectivity index (χ0) is 16.3. The summed E-state index contributed by atoms with van der Waals surface area (Å²) in [6.45, 7) is 7.69. The van der Waals surface area contributed by atoms with E-state index in [-0.39, 0.29) is 24.0 Å². The van der Waals surface area contributed by atoms with Crippen molar-refractivity contribution in [1.82, 2.24) is 20.2 Å². The number of nitrogens with zero attached hydrogens (tertiary/aromatic N) is 3. The summed E-state index contributed by atoms with van der Waals surface area (Å²) in [6, 6.07) is 8.50. The number of benzene rings is 1. The van der Waals surface area contributed by atoms with Crippen LogP contribution in [0.5, 0.6) is 0 Å². The first-order valence-electron chi connectivity index (χ1n) is 8.38. The van der Waals surface area contributed by atoms with Crippen LogP contribution in [0.1, 0.15) is 31.4 Å². The summed E-state index contributed by atoms with van der Waals surface area (Å²) < 4.78 is 2.09. The van der Waals surface area contributed by atoms with Crippen molar-refractivity contribution in [2.75, 3.05) is 13.1 Å². The standard InChI is InChI=1S/C18H27N5.HI/c1-3-16-8-5-6-9-17(16)14-22-18(20-4-2)21-10-7-12-23-13-11-19-15-23;/h5-6,8-9,11,13,15H,3-4,7,10,12,14H2,1-2H3,(H2,20,21,22);1H. The SMILES string of the molecule is CCNC(=NCc1ccccc1CC)NCCCn1ccnc1.I. The third-order valence-corrected chi connectivity index (χ3v) is 3.70. The number of rotatable bonds is 8. The highest BCUT2D eigenvalue weighted by Crippen LogP contribution is 2.10. The minimum absolute atomic E-state index is 0. The Labute approximate surface area is 162 Å². The molecular formula is C18H28IN5. The molecule has 2 aromatic rings. The Hall–Kier alpha value is -1.57. The molecule has 2 rings (SSSR count). The van der Waals surface area contributed by atoms with Gasteiger partial charge in [-0.2, -0.15) is 0 Å². The number of guanidine groups is 1. The maximum absolute atomic E-state index is 4.70. The third kappa shape index (κ3) is 6.90. The third-order valence-electron chi connectivity index (χ3n) is 3.70. The first-order valence-corrected chi connectivity index (χ1v) is 8.38. The van der Waals surface area contributed by atoms with E-state index in [1.54, 1.807) is 0 Å². The summed E-state index contributed by atoms with van der Waals surface area (Å²) in [5.41, 5.74) is 2.66. The molecule has 5 nitrogen and oxygen atoms in total. The number of halogens is 1. The predicted octanol–water partition coefficient (Wildman–Crippen LogP) is 3.21. The van der Waals surface area contributed by atoms with Gasteiger partial charge in [-0.3, -0.25) is 0 Å². The van der Waals surface area contributed by atoms with Gasteiger partial charge in [0.05, 0.1) is 12.9 Å². The van der Waals surface area contributed by atoms with Crippen LogP contribution in [-0.2, 0) is 19.5 Å². The molecule has 0 aliphatic heterocycles. The van der Waals surface area contributed by atoms with Crippen molar-refractivity contribution >= 4 is 29.9 Å². The Bertz CT molecular complexity index is 595. The lowest BCUT2D eigenvalue weighted by molar-refractivity contribution is 0.624. The van der Waals surface area contributed by atoms with Gasteiger partial charge < -0.3 is 15.2 Å². The van der Waals surface area contributed by atoms with Crippen molar-refractivity contribution in [3.63, 3.8) is 0 Å². The van der Waals surface area contributed by atoms with E-state index in [9.17, 15) is 0 Å². The number of aryl methyl sites for hydroxylation is 2. The van der Waals surface area contributed by atoms with Gasteiger partial charge in [-0.15, -0.1) is 24.0 Å². The van der Waals surface area contributed by atoms with Gasteiger partial charge in [0.2, 0.25) is 0 Å². The summed E-state index contributed by atoms with van der Waals surface area (Å²) in [4.78, 5) is 8.75. The molecule has 1 heterocycles. The highest BCUT2D eigenvalue weighted by molar-refractivity contribution is 14.0. The molecule has 0 radical (unpaired) electrons. The molecule has 24 heavy (non-hydrogen) atoms. The van der Waals surface area contributed by atoms with E-state index in [0.717, 1.165) is 38.4 Å². The van der Waals surface area contributed by atoms with Crippen molar-refractivity contribution in [3.8, 4) is 0 Å². The molecule has 0 amide bonds. The number of hydrogen-bond donors (Lipinski definition) is 2. The zero-order valence-electron chi connectivity index (χ0n) is 14.5. The van der Waals surface area contributed by atoms with Crippen LogP contribution in [0, 0.1) is 0 Å². The van der Waals surface area contributed by atoms with Crippen molar-refractivity contribution in [2.24, 2.45) is 4.99 Å². The molecule has 0 aliphatic carbocycles. The van der Waals surface area contributed by atoms with Gasteiger partial charge >= 0.3 is 0 Å². The molecule has 0 atom stereocenters. The van der Waals surface area contributed by atoms with Crippen LogP contribution < -0.4 is 10.6 Å². The summed E-state index contributed by atoms with van der Waals surface area (Å²) in [5, 5.41) is 6.70. The van der Waals surface area contributed by atoms with Crippen LogP contribution in [0.4, 0.5) is 0 Å². The number of hydrogen-bond acceptors (Lipinski definition) is 2. The Kier molecular flexibility index (Phi) is 10.1. The minimum Gasteiger partial charge on any atom is -0.357 e. The van der Waals surface area contributed by atoms with Gasteiger partial charge in [0.1, 0.15) is 0 Å². The van der Waals surface area contributed by atoms with Crippen molar-refractivity contribution in [3.05, 3.63) is 54.1 Å². The summed E-state index contributed by atoms with van der Waals surface area (Å²) >= 11 is 0. The van der Waals surface area contributed by atoms with Crippen molar-refractivity contribution < 1.29 is 0 Å². The van der Waals surface area contributed by atoms with Crippen LogP contribution in [0.25, 0.3) is 0 Å². The van der Waals surface area contributed by atoms with Crippen LogP contribution in [-0.4, -0.2) is 28.6 Å². The fourth-order valence-electron chi connectivity index (χ4n) is 2.45. The first-order chi connectivity index (χ1) is 11.3. The first kappa shape index (κ1) is 20.5. The number of nitrogens with one attached hydrogen (secondary N) is 2. The Morgan fingerprint density at radius 2 is 1.96 bits per heavy atom. The van der Waals surface area contributed by atoms with E-state index >= 15 is 0 Å². The minimum atomic E-state index is 0. The Morgan fingerprint density at radius 3 is 2.62 bits per heavy atom. The largest absolute Gasteiger partial charge is 0.357 e. The summed E-state index contributed by atoms with van der Waals surface area (Å²) in [7, 11) is 0. The van der Waals surface area contributed by atoms with Crippen molar-refractivity contribution in [2.45, 2.75) is 39.8 Å². The molecular weight excluding hydrogens is 413 g/mol. The summed E-state index contributed by atoms with van der Waals surface area (Å²) in [5.74, 6) is 0.879. The maximum Gasteiger partial charge on any atom is 0.191 e. The normalized spacial score (nSPS) is 11.0. The van der Waals surface area contributed by atoms with Gasteiger partial charge in [-0.1, -0.05) is 31.2 Å². The fraction of sp³-hybridized carbons (Fsp3) is 0.444. The molecule has 132 valence electrons. The average molecular weight is 441 g/mol. The highest BCUT2D eigenvalue weighted by atomic mass is 127. The second-order valence-corrected chi connectivity index (χ2v) is 5.40. The fourth-order valence-corrected chi connectivity index (χ4v) is 2.45. The molecule has 0 unspecified atom stereocenters. The lowest BCUT2D eigenvalue weighted by Gasteiger charge is -2.12. The van der Waals surface area contributed by atoms with Crippen LogP contribution >= 0.6 is 24.0 Å². The number of aliphatic imine (C=N–C) groups is 1. The second kappa shape index (κ2) is 11.9. The molecule has 0 aliphatic rings. The van der Waals surface area contributed by atoms with Gasteiger partial charge in [-0.05, 0) is 30.9 Å². The second-order valence-electron chi connectivity index (χ2n) is 5.40. The highest BCUT2D eigenvalue weighted by Gasteiger charge is 2.01. The van der Waals surface area contributed by atoms with E-state index in [0.29, 0.717) is 6.54 Å². The molecule has 0 spiro atoms. The monoisotopic (exact) mass is 441 g/mol. The van der Waals surface area contributed by atoms with E-state index in [1.807, 2.05) is 18.7 Å². The van der Waals surface area contributed by atoms with E-state index in [1.165, 1.54) is 11.1 Å². The van der Waals surface area contributed by atoms with E-state index in [2.05, 4.69) is 58.3 Å². The zero-order valence-corrected chi connectivity index (χ0v) is 16.9. The molecule has 1 aromatic carbocycles. The molecule has 6 heteroatoms. The van der Waals surface area contributed by atoms with Gasteiger partial charge in [0, 0.05) is 32.0 Å². The van der Waals surface area contributed by atoms with E-state index in [4.69, 9.17) is 4.99 Å². The van der Waals surface area contributed by atoms with Crippen molar-refractivity contribution in [1.29, 1.82) is 0 Å². The number of aromatic nitrogens is 2. The Balaban J connectivity index is 0.00000288. The van der Waals surface area contributed by atoms with Gasteiger partial charge in [0.15, 0.2) is 5.96 Å². The lowest BCUT2D eigenvalue weighted by Crippen LogP contribution is -2.38. The van der Waals surface area contributed by atoms with Gasteiger partial charge in [0.25, 0.3) is 0 Å². The molecule has 0 saturated carbocycles. The van der Waals surface area contributed by atoms with Crippen LogP contribution in [0.15, 0.2) is 48.0 Å². The van der Waals surface area contributed by atoms with E-state index < -0.39 is 0 Å². The Morgan fingerprint density at radius 1 is 1.17 bits per heavy atom. The van der Waals surface area contributed by atoms with Gasteiger partial charge in [-0.25, -0.2) is 9.98 Å². The topological polar surface area (TPSA) is 54.2 Å². The smallest absolute Gasteiger partial charge is 0.191 e. The summed E-state index contributed by atoms with van der Waals surface area (Å²) in [6.07, 6.45) is 7.72. The van der Waals surface area contributed by atoms with Crippen LogP contribution in [0.3, 0.4) is 0 Å². The maximum atomic E-state index is 4.70. The molecule has 0 saturated heterocycles. The lowest BCUT2D eigenvalue weighted by atomic mass is 10.1. The number of imidazole rings is 1. The molecule has 0 bridgehead atoms. The van der Waals surface area contributed by atoms with Crippen LogP contribution in [0.2, 0.25) is 0 Å². The average Bonchev–Trinajstić information content (AvgIpc) is 3.10. The molecule has 2 N–H and O–H groups in total. The molecule has 1 aromatic heterocycles. The molecule has 0 fully saturated rings. The predicted molar refractivity (Wildman–Crippen MR) is 111 cm³/mol.